The van der Waals surface area contributed by atoms with Gasteiger partial charge >= 0.3 is 0 Å². The van der Waals surface area contributed by atoms with E-state index in [-0.39, 0.29) is 5.78 Å². The lowest BCUT2D eigenvalue weighted by Crippen LogP contribution is -2.00. The van der Waals surface area contributed by atoms with E-state index in [1.54, 1.807) is 7.11 Å². The fourth-order valence-corrected chi connectivity index (χ4v) is 3.54. The molecule has 1 heterocycles. The van der Waals surface area contributed by atoms with Gasteiger partial charge in [-0.25, -0.2) is 4.98 Å². The normalized spacial score (nSPS) is 11.1. The minimum Gasteiger partial charge on any atom is -0.497 e. The number of rotatable bonds is 4. The van der Waals surface area contributed by atoms with Crippen molar-refractivity contribution in [2.75, 3.05) is 7.11 Å². The van der Waals surface area contributed by atoms with E-state index in [9.17, 15) is 4.79 Å². The highest BCUT2D eigenvalue weighted by Gasteiger charge is 2.12. The van der Waals surface area contributed by atoms with Crippen molar-refractivity contribution in [1.82, 2.24) is 9.97 Å². The summed E-state index contributed by atoms with van der Waals surface area (Å²) < 4.78 is 5.29. The van der Waals surface area contributed by atoms with E-state index in [4.69, 9.17) is 9.72 Å². The number of imidazole rings is 1. The number of aromatic nitrogens is 2. The number of hydrogen-bond donors (Lipinski definition) is 1. The van der Waals surface area contributed by atoms with Crippen LogP contribution in [0.4, 0.5) is 0 Å². The van der Waals surface area contributed by atoms with Gasteiger partial charge in [0.15, 0.2) is 5.78 Å². The Hall–Kier alpha value is -3.92. The van der Waals surface area contributed by atoms with Crippen molar-refractivity contribution >= 4 is 27.6 Å². The number of ether oxygens (including phenoxy) is 1. The van der Waals surface area contributed by atoms with E-state index < -0.39 is 0 Å². The fraction of sp³-hybridized carbons (Fsp3) is 0.0400. The Balaban J connectivity index is 1.53. The van der Waals surface area contributed by atoms with E-state index in [0.29, 0.717) is 11.1 Å². The highest BCUT2D eigenvalue weighted by atomic mass is 16.5. The second-order valence-corrected chi connectivity index (χ2v) is 6.94. The Morgan fingerprint density at radius 3 is 2.45 bits per heavy atom. The maximum atomic E-state index is 12.7. The van der Waals surface area contributed by atoms with Crippen LogP contribution in [0.2, 0.25) is 0 Å². The Bertz CT molecular complexity index is 1350. The Morgan fingerprint density at radius 2 is 1.62 bits per heavy atom. The van der Waals surface area contributed by atoms with Crippen LogP contribution in [0.3, 0.4) is 0 Å². The van der Waals surface area contributed by atoms with E-state index in [0.717, 1.165) is 38.9 Å². The fourth-order valence-electron chi connectivity index (χ4n) is 3.54. The summed E-state index contributed by atoms with van der Waals surface area (Å²) in [6, 6.07) is 27.1. The molecule has 0 aliphatic carbocycles. The van der Waals surface area contributed by atoms with Gasteiger partial charge in [0.1, 0.15) is 11.6 Å². The van der Waals surface area contributed by atoms with Crippen molar-refractivity contribution in [2.45, 2.75) is 0 Å². The van der Waals surface area contributed by atoms with Gasteiger partial charge in [-0.2, -0.15) is 0 Å². The van der Waals surface area contributed by atoms with Gasteiger partial charge < -0.3 is 9.72 Å². The molecule has 29 heavy (non-hydrogen) atoms. The molecular weight excluding hydrogens is 360 g/mol. The Kier molecular flexibility index (Phi) is 4.10. The molecule has 5 rings (SSSR count). The average Bonchev–Trinajstić information content (AvgIpc) is 3.22. The third-order valence-corrected chi connectivity index (χ3v) is 5.10. The molecule has 0 fully saturated rings. The van der Waals surface area contributed by atoms with Gasteiger partial charge in [-0.1, -0.05) is 48.5 Å². The molecule has 0 aliphatic rings. The number of carbonyl (C=O) groups is 1. The van der Waals surface area contributed by atoms with Crippen molar-refractivity contribution in [2.24, 2.45) is 0 Å². The molecule has 4 heteroatoms. The van der Waals surface area contributed by atoms with Crippen LogP contribution in [0.1, 0.15) is 15.9 Å². The minimum absolute atomic E-state index is 0.00306. The third-order valence-electron chi connectivity index (χ3n) is 5.10. The lowest BCUT2D eigenvalue weighted by Gasteiger charge is -2.04. The van der Waals surface area contributed by atoms with Gasteiger partial charge in [-0.3, -0.25) is 4.79 Å². The van der Waals surface area contributed by atoms with Crippen molar-refractivity contribution in [3.63, 3.8) is 0 Å². The maximum absolute atomic E-state index is 12.7. The van der Waals surface area contributed by atoms with Crippen molar-refractivity contribution in [3.05, 3.63) is 96.1 Å². The average molecular weight is 378 g/mol. The zero-order chi connectivity index (χ0) is 19.8. The summed E-state index contributed by atoms with van der Waals surface area (Å²) in [5.41, 5.74) is 3.99. The van der Waals surface area contributed by atoms with Gasteiger partial charge in [0.05, 0.1) is 18.1 Å². The molecule has 4 nitrogen and oxygen atoms in total. The molecule has 1 aromatic heterocycles. The number of ketones is 1. The molecule has 5 aromatic rings. The topological polar surface area (TPSA) is 55.0 Å². The number of aromatic amines is 1. The van der Waals surface area contributed by atoms with Gasteiger partial charge in [0.25, 0.3) is 0 Å². The molecule has 140 valence electrons. The number of hydrogen-bond acceptors (Lipinski definition) is 3. The summed E-state index contributed by atoms with van der Waals surface area (Å²) in [6.45, 7) is 0. The van der Waals surface area contributed by atoms with E-state index in [1.807, 2.05) is 72.8 Å². The predicted octanol–water partition coefficient (Wildman–Crippen LogP) is 5.62. The second-order valence-electron chi connectivity index (χ2n) is 6.94. The SMILES string of the molecule is COc1ccc2cc(-c3nc4ccc(C(=O)c5ccccc5)cc4[nH]3)ccc2c1. The zero-order valence-electron chi connectivity index (χ0n) is 15.8. The van der Waals surface area contributed by atoms with Crippen LogP contribution in [0.5, 0.6) is 5.75 Å². The molecule has 0 aliphatic heterocycles. The first-order valence-corrected chi connectivity index (χ1v) is 9.39. The summed E-state index contributed by atoms with van der Waals surface area (Å²) in [5.74, 6) is 1.62. The van der Waals surface area contributed by atoms with Crippen molar-refractivity contribution in [3.8, 4) is 17.1 Å². The number of benzene rings is 4. The molecule has 0 amide bonds. The number of fused-ring (bicyclic) bond motifs is 2. The molecule has 0 atom stereocenters. The lowest BCUT2D eigenvalue weighted by molar-refractivity contribution is 0.103. The molecule has 4 aromatic carbocycles. The maximum Gasteiger partial charge on any atom is 0.193 e. The minimum atomic E-state index is 0.00306. The smallest absolute Gasteiger partial charge is 0.193 e. The van der Waals surface area contributed by atoms with Crippen LogP contribution in [-0.2, 0) is 0 Å². The van der Waals surface area contributed by atoms with E-state index >= 15 is 0 Å². The lowest BCUT2D eigenvalue weighted by atomic mass is 10.0. The largest absolute Gasteiger partial charge is 0.497 e. The first-order valence-electron chi connectivity index (χ1n) is 9.39. The van der Waals surface area contributed by atoms with Gasteiger partial charge in [-0.15, -0.1) is 0 Å². The monoisotopic (exact) mass is 378 g/mol. The summed E-state index contributed by atoms with van der Waals surface area (Å²) in [5, 5.41) is 2.23. The molecule has 0 saturated heterocycles. The molecule has 0 spiro atoms. The number of nitrogens with one attached hydrogen (secondary N) is 1. The first kappa shape index (κ1) is 17.2. The van der Waals surface area contributed by atoms with Gasteiger partial charge in [-0.05, 0) is 47.2 Å². The first-order chi connectivity index (χ1) is 14.2. The second kappa shape index (κ2) is 6.91. The van der Waals surface area contributed by atoms with Crippen molar-refractivity contribution in [1.29, 1.82) is 0 Å². The van der Waals surface area contributed by atoms with Crippen LogP contribution >= 0.6 is 0 Å². The summed E-state index contributed by atoms with van der Waals surface area (Å²) in [6.07, 6.45) is 0. The van der Waals surface area contributed by atoms with Crippen LogP contribution in [0, 0.1) is 0 Å². The molecule has 0 radical (unpaired) electrons. The quantitative estimate of drug-likeness (QED) is 0.413. The van der Waals surface area contributed by atoms with Crippen LogP contribution in [0.15, 0.2) is 84.9 Å². The number of carbonyl (C=O) groups excluding carboxylic acids is 1. The van der Waals surface area contributed by atoms with Crippen LogP contribution in [-0.4, -0.2) is 22.9 Å². The van der Waals surface area contributed by atoms with Crippen LogP contribution in [0.25, 0.3) is 33.2 Å². The molecular formula is C25H18N2O2. The van der Waals surface area contributed by atoms with E-state index in [1.165, 1.54) is 0 Å². The highest BCUT2D eigenvalue weighted by molar-refractivity contribution is 6.10. The molecule has 0 unspecified atom stereocenters. The van der Waals surface area contributed by atoms with Gasteiger partial charge in [0, 0.05) is 16.7 Å². The Morgan fingerprint density at radius 1 is 0.828 bits per heavy atom. The number of methoxy groups -OCH3 is 1. The zero-order valence-corrected chi connectivity index (χ0v) is 15.8. The number of nitrogens with zero attached hydrogens (tertiary/aromatic N) is 1. The standard InChI is InChI=1S/C25H18N2O2/c1-29-21-11-9-17-13-20(8-7-18(17)14-21)25-26-22-12-10-19(15-23(22)27-25)24(28)16-5-3-2-4-6-16/h2-15H,1H3,(H,26,27). The molecule has 1 N–H and O–H groups in total. The highest BCUT2D eigenvalue weighted by Crippen LogP contribution is 2.27. The van der Waals surface area contributed by atoms with Gasteiger partial charge in [0.2, 0.25) is 0 Å². The summed E-state index contributed by atoms with van der Waals surface area (Å²) in [7, 11) is 1.67. The third kappa shape index (κ3) is 3.15. The summed E-state index contributed by atoms with van der Waals surface area (Å²) >= 11 is 0. The summed E-state index contributed by atoms with van der Waals surface area (Å²) in [4.78, 5) is 20.8. The van der Waals surface area contributed by atoms with Crippen LogP contribution < -0.4 is 4.74 Å². The Labute approximate surface area is 167 Å². The predicted molar refractivity (Wildman–Crippen MR) is 115 cm³/mol. The van der Waals surface area contributed by atoms with Crippen molar-refractivity contribution < 1.29 is 9.53 Å². The van der Waals surface area contributed by atoms with E-state index in [2.05, 4.69) is 17.1 Å². The molecule has 0 bridgehead atoms. The molecule has 0 saturated carbocycles. The number of H-pyrrole nitrogens is 1.